The highest BCUT2D eigenvalue weighted by Crippen LogP contribution is 2.27. The molecule has 0 aromatic heterocycles. The molecule has 0 heterocycles. The van der Waals surface area contributed by atoms with Gasteiger partial charge in [0.1, 0.15) is 17.5 Å². The summed E-state index contributed by atoms with van der Waals surface area (Å²) in [6, 6.07) is 11.7. The van der Waals surface area contributed by atoms with Gasteiger partial charge >= 0.3 is 0 Å². The molecule has 0 amide bonds. The zero-order valence-electron chi connectivity index (χ0n) is 10.6. The average molecular weight is 320 g/mol. The normalized spacial score (nSPS) is 11.0. The molecule has 0 spiro atoms. The molecule has 0 fully saturated rings. The number of carbonyl (C=O) groups is 1. The van der Waals surface area contributed by atoms with Gasteiger partial charge in [0.15, 0.2) is 0 Å². The van der Waals surface area contributed by atoms with Crippen LogP contribution < -0.4 is 0 Å². The molecule has 0 aliphatic rings. The Labute approximate surface area is 131 Å². The van der Waals surface area contributed by atoms with E-state index in [1.54, 1.807) is 18.2 Å². The van der Waals surface area contributed by atoms with Crippen molar-refractivity contribution in [1.29, 1.82) is 5.26 Å². The Morgan fingerprint density at radius 1 is 1.14 bits per heavy atom. The second-order valence-electron chi connectivity index (χ2n) is 4.15. The highest BCUT2D eigenvalue weighted by atomic mass is 35.5. The molecule has 0 atom stereocenters. The molecule has 2 aromatic rings. The van der Waals surface area contributed by atoms with E-state index in [-0.39, 0.29) is 16.2 Å². The van der Waals surface area contributed by atoms with Gasteiger partial charge in [-0.1, -0.05) is 35.3 Å². The number of Topliss-reactive ketones (excluding diaryl/α,β-unsaturated/α-hetero) is 1. The first kappa shape index (κ1) is 15.2. The van der Waals surface area contributed by atoms with Crippen molar-refractivity contribution in [2.24, 2.45) is 0 Å². The van der Waals surface area contributed by atoms with Gasteiger partial charge in [-0.05, 0) is 42.0 Å². The Morgan fingerprint density at radius 3 is 2.43 bits per heavy atom. The molecule has 0 aliphatic heterocycles. The third kappa shape index (κ3) is 3.49. The summed E-state index contributed by atoms with van der Waals surface area (Å²) in [6.07, 6.45) is 1.36. The lowest BCUT2D eigenvalue weighted by atomic mass is 10.0. The average Bonchev–Trinajstić information content (AvgIpc) is 2.49. The highest BCUT2D eigenvalue weighted by Gasteiger charge is 2.13. The molecule has 5 heteroatoms. The zero-order chi connectivity index (χ0) is 15.4. The van der Waals surface area contributed by atoms with Crippen LogP contribution in [0.1, 0.15) is 15.9 Å². The summed E-state index contributed by atoms with van der Waals surface area (Å²) in [5.41, 5.74) is 0.587. The third-order valence-electron chi connectivity index (χ3n) is 2.75. The fourth-order valence-electron chi connectivity index (χ4n) is 1.69. The first-order chi connectivity index (χ1) is 10.0. The van der Waals surface area contributed by atoms with E-state index in [9.17, 15) is 9.18 Å². The van der Waals surface area contributed by atoms with Gasteiger partial charge in [-0.25, -0.2) is 4.39 Å². The van der Waals surface area contributed by atoms with Crippen LogP contribution in [0.5, 0.6) is 0 Å². The van der Waals surface area contributed by atoms with Crippen molar-refractivity contribution >= 4 is 35.1 Å². The summed E-state index contributed by atoms with van der Waals surface area (Å²) in [5.74, 6) is -0.958. The number of rotatable bonds is 3. The Hall–Kier alpha value is -2.15. The van der Waals surface area contributed by atoms with Crippen molar-refractivity contribution in [2.45, 2.75) is 0 Å². The Balaban J connectivity index is 2.42. The van der Waals surface area contributed by atoms with Crippen molar-refractivity contribution in [3.63, 3.8) is 0 Å². The molecule has 0 saturated heterocycles. The molecular formula is C16H8Cl2FNO. The molecule has 0 radical (unpaired) electrons. The van der Waals surface area contributed by atoms with Crippen LogP contribution in [-0.2, 0) is 0 Å². The van der Waals surface area contributed by atoms with Gasteiger partial charge in [0, 0.05) is 5.56 Å². The van der Waals surface area contributed by atoms with Gasteiger partial charge in [0.25, 0.3) is 0 Å². The SMILES string of the molecule is N#C/C(=C\c1cccc(Cl)c1Cl)C(=O)c1ccc(F)cc1. The predicted octanol–water partition coefficient (Wildman–Crippen LogP) is 4.92. The number of nitriles is 1. The van der Waals surface area contributed by atoms with Crippen molar-refractivity contribution < 1.29 is 9.18 Å². The summed E-state index contributed by atoms with van der Waals surface area (Å²) in [7, 11) is 0. The van der Waals surface area contributed by atoms with Crippen molar-refractivity contribution in [3.05, 3.63) is 75.0 Å². The fourth-order valence-corrected chi connectivity index (χ4v) is 2.06. The zero-order valence-corrected chi connectivity index (χ0v) is 12.1. The molecule has 0 aliphatic carbocycles. The number of carbonyl (C=O) groups excluding carboxylic acids is 1. The van der Waals surface area contributed by atoms with Crippen LogP contribution in [0, 0.1) is 17.1 Å². The van der Waals surface area contributed by atoms with Crippen molar-refractivity contribution in [2.75, 3.05) is 0 Å². The van der Waals surface area contributed by atoms with Gasteiger partial charge in [0.05, 0.1) is 10.0 Å². The van der Waals surface area contributed by atoms with E-state index in [0.717, 1.165) is 12.1 Å². The van der Waals surface area contributed by atoms with Gasteiger partial charge in [-0.15, -0.1) is 0 Å². The number of benzene rings is 2. The fraction of sp³-hybridized carbons (Fsp3) is 0. The van der Waals surface area contributed by atoms with Crippen LogP contribution in [0.3, 0.4) is 0 Å². The van der Waals surface area contributed by atoms with Gasteiger partial charge in [0.2, 0.25) is 5.78 Å². The molecule has 21 heavy (non-hydrogen) atoms. The lowest BCUT2D eigenvalue weighted by Gasteiger charge is -2.03. The second kappa shape index (κ2) is 6.53. The minimum atomic E-state index is -0.506. The predicted molar refractivity (Wildman–Crippen MR) is 80.8 cm³/mol. The number of nitrogens with zero attached hydrogens (tertiary/aromatic N) is 1. The van der Waals surface area contributed by atoms with E-state index in [0.29, 0.717) is 10.6 Å². The third-order valence-corrected chi connectivity index (χ3v) is 3.59. The molecule has 2 rings (SSSR count). The number of hydrogen-bond donors (Lipinski definition) is 0. The maximum Gasteiger partial charge on any atom is 0.203 e. The topological polar surface area (TPSA) is 40.9 Å². The maximum atomic E-state index is 12.9. The maximum absolute atomic E-state index is 12.9. The van der Waals surface area contributed by atoms with Crippen LogP contribution in [0.15, 0.2) is 48.0 Å². The van der Waals surface area contributed by atoms with E-state index >= 15 is 0 Å². The first-order valence-corrected chi connectivity index (χ1v) is 6.64. The number of allylic oxidation sites excluding steroid dienone is 1. The summed E-state index contributed by atoms with van der Waals surface area (Å²) in [4.78, 5) is 12.2. The number of hydrogen-bond acceptors (Lipinski definition) is 2. The van der Waals surface area contributed by atoms with E-state index in [4.69, 9.17) is 28.5 Å². The monoisotopic (exact) mass is 319 g/mol. The van der Waals surface area contributed by atoms with Crippen LogP contribution in [-0.4, -0.2) is 5.78 Å². The minimum absolute atomic E-state index is 0.106. The summed E-state index contributed by atoms with van der Waals surface area (Å²) >= 11 is 11.9. The number of halogens is 3. The summed E-state index contributed by atoms with van der Waals surface area (Å²) < 4.78 is 12.9. The standard InChI is InChI=1S/C16H8Cl2FNO/c17-14-3-1-2-11(15(14)18)8-12(9-20)16(21)10-4-6-13(19)7-5-10/h1-8H/b12-8+. The molecule has 2 nitrogen and oxygen atoms in total. The van der Waals surface area contributed by atoms with E-state index < -0.39 is 11.6 Å². The van der Waals surface area contributed by atoms with Crippen LogP contribution in [0.25, 0.3) is 6.08 Å². The molecule has 0 unspecified atom stereocenters. The Kier molecular flexibility index (Phi) is 4.74. The molecule has 0 bridgehead atoms. The smallest absolute Gasteiger partial charge is 0.203 e. The van der Waals surface area contributed by atoms with Gasteiger partial charge in [-0.2, -0.15) is 5.26 Å². The molecular weight excluding hydrogens is 312 g/mol. The van der Waals surface area contributed by atoms with E-state index in [2.05, 4.69) is 0 Å². The Morgan fingerprint density at radius 2 is 1.81 bits per heavy atom. The number of ketones is 1. The molecule has 104 valence electrons. The van der Waals surface area contributed by atoms with Crippen LogP contribution in [0.2, 0.25) is 10.0 Å². The van der Waals surface area contributed by atoms with Crippen molar-refractivity contribution in [3.8, 4) is 6.07 Å². The van der Waals surface area contributed by atoms with E-state index in [1.165, 1.54) is 18.2 Å². The van der Waals surface area contributed by atoms with Gasteiger partial charge in [-0.3, -0.25) is 4.79 Å². The van der Waals surface area contributed by atoms with E-state index in [1.807, 2.05) is 6.07 Å². The van der Waals surface area contributed by atoms with Gasteiger partial charge < -0.3 is 0 Å². The van der Waals surface area contributed by atoms with Crippen LogP contribution >= 0.6 is 23.2 Å². The van der Waals surface area contributed by atoms with Crippen LogP contribution in [0.4, 0.5) is 4.39 Å². The van der Waals surface area contributed by atoms with Crippen molar-refractivity contribution in [1.82, 2.24) is 0 Å². The summed E-state index contributed by atoms with van der Waals surface area (Å²) in [6.45, 7) is 0. The second-order valence-corrected chi connectivity index (χ2v) is 4.93. The first-order valence-electron chi connectivity index (χ1n) is 5.89. The lowest BCUT2D eigenvalue weighted by Crippen LogP contribution is -2.02. The lowest BCUT2D eigenvalue weighted by molar-refractivity contribution is 0.104. The quantitative estimate of drug-likeness (QED) is 0.457. The minimum Gasteiger partial charge on any atom is -0.288 e. The molecule has 2 aromatic carbocycles. The Bertz CT molecular complexity index is 761. The molecule has 0 N–H and O–H groups in total. The molecule has 0 saturated carbocycles. The largest absolute Gasteiger partial charge is 0.288 e. The summed E-state index contributed by atoms with van der Waals surface area (Å²) in [5, 5.41) is 9.74. The highest BCUT2D eigenvalue weighted by molar-refractivity contribution is 6.43.